The molecular weight excluding hydrogens is 258 g/mol. The summed E-state index contributed by atoms with van der Waals surface area (Å²) in [5.41, 5.74) is 1.60. The molecule has 0 aromatic carbocycles. The first-order valence-electron chi connectivity index (χ1n) is 6.06. The quantitative estimate of drug-likeness (QED) is 0.845. The van der Waals surface area contributed by atoms with Gasteiger partial charge in [0.15, 0.2) is 0 Å². The molecule has 0 aliphatic heterocycles. The third-order valence-electron chi connectivity index (χ3n) is 2.69. The van der Waals surface area contributed by atoms with Crippen molar-refractivity contribution in [3.63, 3.8) is 0 Å². The van der Waals surface area contributed by atoms with Gasteiger partial charge in [0.25, 0.3) is 5.91 Å². The molecule has 0 atom stereocenters. The Labute approximate surface area is 116 Å². The van der Waals surface area contributed by atoms with Crippen molar-refractivity contribution in [1.82, 2.24) is 15.3 Å². The number of amides is 1. The van der Waals surface area contributed by atoms with E-state index in [1.54, 1.807) is 37.6 Å². The number of hydrogen-bond donors (Lipinski definition) is 2. The highest BCUT2D eigenvalue weighted by molar-refractivity contribution is 5.92. The fraction of sp³-hybridized carbons (Fsp3) is 0.214. The SMILES string of the molecule is COc1ccnc(CNC(=O)c2cc(CO)ccn2)c1. The van der Waals surface area contributed by atoms with Crippen LogP contribution >= 0.6 is 0 Å². The van der Waals surface area contributed by atoms with Crippen molar-refractivity contribution in [2.24, 2.45) is 0 Å². The van der Waals surface area contributed by atoms with Gasteiger partial charge in [-0.25, -0.2) is 0 Å². The minimum absolute atomic E-state index is 0.125. The Hall–Kier alpha value is -2.47. The van der Waals surface area contributed by atoms with Gasteiger partial charge in [0.05, 0.1) is 26.0 Å². The molecule has 1 amide bonds. The average Bonchev–Trinajstić information content (AvgIpc) is 2.52. The monoisotopic (exact) mass is 273 g/mol. The number of nitrogens with one attached hydrogen (secondary N) is 1. The highest BCUT2D eigenvalue weighted by Crippen LogP contribution is 2.09. The second-order valence-electron chi connectivity index (χ2n) is 4.08. The minimum Gasteiger partial charge on any atom is -0.497 e. The van der Waals surface area contributed by atoms with E-state index in [2.05, 4.69) is 15.3 Å². The van der Waals surface area contributed by atoms with Gasteiger partial charge in [-0.3, -0.25) is 14.8 Å². The van der Waals surface area contributed by atoms with E-state index >= 15 is 0 Å². The Morgan fingerprint density at radius 2 is 2.10 bits per heavy atom. The van der Waals surface area contributed by atoms with Crippen LogP contribution in [0.25, 0.3) is 0 Å². The maximum Gasteiger partial charge on any atom is 0.270 e. The number of aliphatic hydroxyl groups is 1. The van der Waals surface area contributed by atoms with Crippen molar-refractivity contribution >= 4 is 5.91 Å². The first-order valence-corrected chi connectivity index (χ1v) is 6.06. The number of nitrogens with zero attached hydrogens (tertiary/aromatic N) is 2. The molecule has 0 spiro atoms. The number of ether oxygens (including phenoxy) is 1. The van der Waals surface area contributed by atoms with E-state index < -0.39 is 0 Å². The van der Waals surface area contributed by atoms with Crippen LogP contribution in [0.5, 0.6) is 5.75 Å². The Kier molecular flexibility index (Phi) is 4.62. The topological polar surface area (TPSA) is 84.3 Å². The minimum atomic E-state index is -0.315. The molecule has 6 nitrogen and oxygen atoms in total. The lowest BCUT2D eigenvalue weighted by atomic mass is 10.2. The zero-order valence-corrected chi connectivity index (χ0v) is 11.0. The van der Waals surface area contributed by atoms with Crippen LogP contribution in [0.4, 0.5) is 0 Å². The zero-order chi connectivity index (χ0) is 14.4. The van der Waals surface area contributed by atoms with E-state index in [-0.39, 0.29) is 24.8 Å². The molecule has 0 unspecified atom stereocenters. The maximum absolute atomic E-state index is 11.9. The number of carbonyl (C=O) groups is 1. The summed E-state index contributed by atoms with van der Waals surface area (Å²) in [6.45, 7) is 0.154. The second kappa shape index (κ2) is 6.63. The van der Waals surface area contributed by atoms with Crippen LogP contribution in [0.15, 0.2) is 36.7 Å². The summed E-state index contributed by atoms with van der Waals surface area (Å²) in [4.78, 5) is 20.0. The van der Waals surface area contributed by atoms with Gasteiger partial charge in [-0.2, -0.15) is 0 Å². The van der Waals surface area contributed by atoms with Gasteiger partial charge in [-0.05, 0) is 23.8 Å². The lowest BCUT2D eigenvalue weighted by Crippen LogP contribution is -2.24. The summed E-state index contributed by atoms with van der Waals surface area (Å²) < 4.78 is 5.08. The third-order valence-corrected chi connectivity index (χ3v) is 2.69. The summed E-state index contributed by atoms with van der Waals surface area (Å²) in [7, 11) is 1.57. The molecule has 6 heteroatoms. The third kappa shape index (κ3) is 3.52. The number of pyridine rings is 2. The molecule has 0 aliphatic rings. The zero-order valence-electron chi connectivity index (χ0n) is 11.0. The lowest BCUT2D eigenvalue weighted by Gasteiger charge is -2.06. The smallest absolute Gasteiger partial charge is 0.270 e. The summed E-state index contributed by atoms with van der Waals surface area (Å²) in [5, 5.41) is 11.7. The molecule has 20 heavy (non-hydrogen) atoms. The van der Waals surface area contributed by atoms with Crippen LogP contribution in [0.2, 0.25) is 0 Å². The van der Waals surface area contributed by atoms with Crippen LogP contribution in [-0.2, 0) is 13.2 Å². The molecule has 2 aromatic heterocycles. The lowest BCUT2D eigenvalue weighted by molar-refractivity contribution is 0.0945. The van der Waals surface area contributed by atoms with Crippen molar-refractivity contribution in [1.29, 1.82) is 0 Å². The molecule has 2 rings (SSSR count). The standard InChI is InChI=1S/C14H15N3O3/c1-20-12-3-5-15-11(7-12)8-17-14(19)13-6-10(9-18)2-4-16-13/h2-7,18H,8-9H2,1H3,(H,17,19). The highest BCUT2D eigenvalue weighted by atomic mass is 16.5. The number of rotatable bonds is 5. The van der Waals surface area contributed by atoms with Crippen molar-refractivity contribution < 1.29 is 14.6 Å². The van der Waals surface area contributed by atoms with Gasteiger partial charge in [-0.15, -0.1) is 0 Å². The van der Waals surface area contributed by atoms with E-state index in [4.69, 9.17) is 9.84 Å². The van der Waals surface area contributed by atoms with E-state index in [1.165, 1.54) is 6.20 Å². The highest BCUT2D eigenvalue weighted by Gasteiger charge is 2.08. The van der Waals surface area contributed by atoms with E-state index in [0.717, 1.165) is 0 Å². The molecule has 0 saturated heterocycles. The molecule has 2 aromatic rings. The van der Waals surface area contributed by atoms with Crippen LogP contribution in [0.3, 0.4) is 0 Å². The fourth-order valence-electron chi connectivity index (χ4n) is 1.64. The van der Waals surface area contributed by atoms with Crippen molar-refractivity contribution in [2.45, 2.75) is 13.2 Å². The normalized spacial score (nSPS) is 10.1. The Bertz CT molecular complexity index is 602. The first-order chi connectivity index (χ1) is 9.72. The van der Waals surface area contributed by atoms with Gasteiger partial charge >= 0.3 is 0 Å². The van der Waals surface area contributed by atoms with Gasteiger partial charge < -0.3 is 15.2 Å². The summed E-state index contributed by atoms with van der Waals surface area (Å²) >= 11 is 0. The van der Waals surface area contributed by atoms with E-state index in [1.807, 2.05) is 0 Å². The Morgan fingerprint density at radius 3 is 2.85 bits per heavy atom. The van der Waals surface area contributed by atoms with Crippen LogP contribution in [0.1, 0.15) is 21.7 Å². The number of aliphatic hydroxyl groups excluding tert-OH is 1. The summed E-state index contributed by atoms with van der Waals surface area (Å²) in [5.74, 6) is 0.370. The van der Waals surface area contributed by atoms with Crippen molar-refractivity contribution in [3.8, 4) is 5.75 Å². The van der Waals surface area contributed by atoms with Crippen LogP contribution in [0, 0.1) is 0 Å². The van der Waals surface area contributed by atoms with Crippen LogP contribution in [-0.4, -0.2) is 28.1 Å². The van der Waals surface area contributed by atoms with Gasteiger partial charge in [0.2, 0.25) is 0 Å². The average molecular weight is 273 g/mol. The predicted octanol–water partition coefficient (Wildman–Crippen LogP) is 0.907. The molecule has 0 aliphatic carbocycles. The molecule has 0 saturated carbocycles. The molecule has 0 bridgehead atoms. The molecule has 0 fully saturated rings. The number of methoxy groups -OCH3 is 1. The number of aromatic nitrogens is 2. The molecule has 2 heterocycles. The Balaban J connectivity index is 2.00. The van der Waals surface area contributed by atoms with Crippen molar-refractivity contribution in [3.05, 3.63) is 53.6 Å². The van der Waals surface area contributed by atoms with Gasteiger partial charge in [-0.1, -0.05) is 0 Å². The van der Waals surface area contributed by atoms with Gasteiger partial charge in [0, 0.05) is 18.5 Å². The van der Waals surface area contributed by atoms with E-state index in [0.29, 0.717) is 17.0 Å². The second-order valence-corrected chi connectivity index (χ2v) is 4.08. The van der Waals surface area contributed by atoms with Crippen molar-refractivity contribution in [2.75, 3.05) is 7.11 Å². The molecular formula is C14H15N3O3. The summed E-state index contributed by atoms with van der Waals surface area (Å²) in [6, 6.07) is 6.68. The molecule has 0 radical (unpaired) electrons. The predicted molar refractivity (Wildman–Crippen MR) is 72.1 cm³/mol. The number of carbonyl (C=O) groups excluding carboxylic acids is 1. The first kappa shape index (κ1) is 14.0. The molecule has 104 valence electrons. The Morgan fingerprint density at radius 1 is 1.30 bits per heavy atom. The maximum atomic E-state index is 11.9. The molecule has 2 N–H and O–H groups in total. The fourth-order valence-corrected chi connectivity index (χ4v) is 1.64. The summed E-state index contributed by atoms with van der Waals surface area (Å²) in [6.07, 6.45) is 3.11. The number of hydrogen-bond acceptors (Lipinski definition) is 5. The van der Waals surface area contributed by atoms with Crippen LogP contribution < -0.4 is 10.1 Å². The van der Waals surface area contributed by atoms with E-state index in [9.17, 15) is 4.79 Å². The largest absolute Gasteiger partial charge is 0.497 e. The van der Waals surface area contributed by atoms with Gasteiger partial charge in [0.1, 0.15) is 11.4 Å².